The van der Waals surface area contributed by atoms with E-state index in [1.807, 2.05) is 19.9 Å². The molecule has 0 saturated carbocycles. The van der Waals surface area contributed by atoms with Crippen LogP contribution in [0.1, 0.15) is 35.7 Å². The number of aryl methyl sites for hydroxylation is 1. The Hall–Kier alpha value is -1.55. The molecule has 1 atom stereocenters. The first-order valence-electron chi connectivity index (χ1n) is 6.82. The van der Waals surface area contributed by atoms with E-state index in [4.69, 9.17) is 4.74 Å². The van der Waals surface area contributed by atoms with Gasteiger partial charge in [0.1, 0.15) is 5.75 Å². The Morgan fingerprint density at radius 2 is 2.32 bits per heavy atom. The van der Waals surface area contributed by atoms with Gasteiger partial charge in [-0.25, -0.2) is 0 Å². The zero-order valence-corrected chi connectivity index (χ0v) is 11.6. The molecule has 104 valence electrons. The maximum atomic E-state index is 12.4. The standard InChI is InChI=1S/C15H21NO3/c1-3-16(10-12-5-4-8-19-12)15(18)13-7-6-11(2)9-14(13)17/h6-7,9,12,17H,3-5,8,10H2,1-2H3. The van der Waals surface area contributed by atoms with Crippen LogP contribution >= 0.6 is 0 Å². The highest BCUT2D eigenvalue weighted by Crippen LogP contribution is 2.21. The number of benzene rings is 1. The smallest absolute Gasteiger partial charge is 0.257 e. The lowest BCUT2D eigenvalue weighted by Crippen LogP contribution is -2.37. The van der Waals surface area contributed by atoms with Crippen LogP contribution in [-0.2, 0) is 4.74 Å². The Morgan fingerprint density at radius 3 is 2.89 bits per heavy atom. The van der Waals surface area contributed by atoms with Crippen LogP contribution in [0.25, 0.3) is 0 Å². The van der Waals surface area contributed by atoms with Crippen LogP contribution in [0.5, 0.6) is 5.75 Å². The number of likely N-dealkylation sites (N-methyl/N-ethyl adjacent to an activating group) is 1. The highest BCUT2D eigenvalue weighted by Gasteiger charge is 2.23. The molecule has 1 aromatic carbocycles. The van der Waals surface area contributed by atoms with E-state index in [0.717, 1.165) is 25.0 Å². The van der Waals surface area contributed by atoms with Crippen LogP contribution in [0.15, 0.2) is 18.2 Å². The molecule has 2 rings (SSSR count). The second-order valence-corrected chi connectivity index (χ2v) is 5.00. The summed E-state index contributed by atoms with van der Waals surface area (Å²) in [5.74, 6) is -0.0775. The van der Waals surface area contributed by atoms with E-state index >= 15 is 0 Å². The average Bonchev–Trinajstić information content (AvgIpc) is 2.88. The minimum absolute atomic E-state index is 0.0517. The van der Waals surface area contributed by atoms with Gasteiger partial charge in [-0.2, -0.15) is 0 Å². The molecule has 1 fully saturated rings. The zero-order chi connectivity index (χ0) is 13.8. The van der Waals surface area contributed by atoms with E-state index in [1.54, 1.807) is 17.0 Å². The van der Waals surface area contributed by atoms with E-state index in [9.17, 15) is 9.90 Å². The molecule has 1 aliphatic heterocycles. The summed E-state index contributed by atoms with van der Waals surface area (Å²) in [4.78, 5) is 14.1. The van der Waals surface area contributed by atoms with Crippen molar-refractivity contribution in [2.24, 2.45) is 0 Å². The maximum Gasteiger partial charge on any atom is 0.257 e. The zero-order valence-electron chi connectivity index (χ0n) is 11.6. The van der Waals surface area contributed by atoms with Gasteiger partial charge in [-0.15, -0.1) is 0 Å². The van der Waals surface area contributed by atoms with Gasteiger partial charge < -0.3 is 14.7 Å². The lowest BCUT2D eigenvalue weighted by molar-refractivity contribution is 0.0537. The molecule has 4 nitrogen and oxygen atoms in total. The van der Waals surface area contributed by atoms with Gasteiger partial charge >= 0.3 is 0 Å². The van der Waals surface area contributed by atoms with E-state index < -0.39 is 0 Å². The summed E-state index contributed by atoms with van der Waals surface area (Å²) in [7, 11) is 0. The van der Waals surface area contributed by atoms with Crippen LogP contribution in [0.3, 0.4) is 0 Å². The topological polar surface area (TPSA) is 49.8 Å². The number of phenolic OH excluding ortho intramolecular Hbond substituents is 1. The predicted molar refractivity (Wildman–Crippen MR) is 73.4 cm³/mol. The largest absolute Gasteiger partial charge is 0.507 e. The van der Waals surface area contributed by atoms with Crippen molar-refractivity contribution in [2.75, 3.05) is 19.7 Å². The molecule has 1 saturated heterocycles. The molecule has 19 heavy (non-hydrogen) atoms. The van der Waals surface area contributed by atoms with Crippen LogP contribution < -0.4 is 0 Å². The molecule has 1 heterocycles. The number of nitrogens with zero attached hydrogens (tertiary/aromatic N) is 1. The first-order chi connectivity index (χ1) is 9.11. The quantitative estimate of drug-likeness (QED) is 0.907. The molecule has 1 unspecified atom stereocenters. The fourth-order valence-electron chi connectivity index (χ4n) is 2.38. The molecular weight excluding hydrogens is 242 g/mol. The van der Waals surface area contributed by atoms with Crippen molar-refractivity contribution in [3.05, 3.63) is 29.3 Å². The number of amides is 1. The highest BCUT2D eigenvalue weighted by atomic mass is 16.5. The third-order valence-electron chi connectivity index (χ3n) is 3.50. The Kier molecular flexibility index (Phi) is 4.43. The van der Waals surface area contributed by atoms with E-state index in [1.165, 1.54) is 0 Å². The lowest BCUT2D eigenvalue weighted by Gasteiger charge is -2.24. The molecule has 0 spiro atoms. The summed E-state index contributed by atoms with van der Waals surface area (Å²) in [6.07, 6.45) is 2.20. The molecule has 0 bridgehead atoms. The summed E-state index contributed by atoms with van der Waals surface area (Å²) >= 11 is 0. The van der Waals surface area contributed by atoms with Crippen molar-refractivity contribution in [1.82, 2.24) is 4.90 Å². The number of carbonyl (C=O) groups is 1. The molecule has 1 aliphatic rings. The SMILES string of the molecule is CCN(CC1CCCO1)C(=O)c1ccc(C)cc1O. The van der Waals surface area contributed by atoms with Crippen molar-refractivity contribution in [1.29, 1.82) is 0 Å². The van der Waals surface area contributed by atoms with Crippen molar-refractivity contribution in [2.45, 2.75) is 32.8 Å². The maximum absolute atomic E-state index is 12.4. The second-order valence-electron chi connectivity index (χ2n) is 5.00. The number of hydrogen-bond donors (Lipinski definition) is 1. The van der Waals surface area contributed by atoms with E-state index in [-0.39, 0.29) is 17.8 Å². The number of hydrogen-bond acceptors (Lipinski definition) is 3. The first-order valence-corrected chi connectivity index (χ1v) is 6.82. The van der Waals surface area contributed by atoms with Gasteiger partial charge in [0.05, 0.1) is 11.7 Å². The van der Waals surface area contributed by atoms with E-state index in [0.29, 0.717) is 18.7 Å². The number of carbonyl (C=O) groups excluding carboxylic acids is 1. The fourth-order valence-corrected chi connectivity index (χ4v) is 2.38. The summed E-state index contributed by atoms with van der Waals surface area (Å²) in [6, 6.07) is 5.14. The Morgan fingerprint density at radius 1 is 1.53 bits per heavy atom. The molecule has 1 N–H and O–H groups in total. The summed E-state index contributed by atoms with van der Waals surface area (Å²) in [6.45, 7) is 5.83. The molecule has 0 aromatic heterocycles. The summed E-state index contributed by atoms with van der Waals surface area (Å²) in [5, 5.41) is 9.89. The molecular formula is C15H21NO3. The van der Waals surface area contributed by atoms with Crippen molar-refractivity contribution < 1.29 is 14.6 Å². The van der Waals surface area contributed by atoms with Crippen LogP contribution in [0, 0.1) is 6.92 Å². The van der Waals surface area contributed by atoms with Gasteiger partial charge in [-0.3, -0.25) is 4.79 Å². The predicted octanol–water partition coefficient (Wildman–Crippen LogP) is 2.34. The Labute approximate surface area is 114 Å². The minimum Gasteiger partial charge on any atom is -0.507 e. The molecule has 1 amide bonds. The lowest BCUT2D eigenvalue weighted by atomic mass is 10.1. The van der Waals surface area contributed by atoms with Gasteiger partial charge in [0.15, 0.2) is 0 Å². The van der Waals surface area contributed by atoms with Gasteiger partial charge in [-0.05, 0) is 44.4 Å². The Balaban J connectivity index is 2.10. The number of ether oxygens (including phenoxy) is 1. The van der Waals surface area contributed by atoms with Gasteiger partial charge in [0, 0.05) is 19.7 Å². The summed E-state index contributed by atoms with van der Waals surface area (Å²) < 4.78 is 5.56. The van der Waals surface area contributed by atoms with Crippen molar-refractivity contribution in [3.8, 4) is 5.75 Å². The van der Waals surface area contributed by atoms with Gasteiger partial charge in [0.2, 0.25) is 0 Å². The Bertz CT molecular complexity index is 453. The van der Waals surface area contributed by atoms with Crippen molar-refractivity contribution in [3.63, 3.8) is 0 Å². The number of aromatic hydroxyl groups is 1. The minimum atomic E-state index is -0.129. The van der Waals surface area contributed by atoms with Crippen LogP contribution in [-0.4, -0.2) is 41.7 Å². The molecule has 0 aliphatic carbocycles. The molecule has 0 radical (unpaired) electrons. The van der Waals surface area contributed by atoms with Crippen molar-refractivity contribution >= 4 is 5.91 Å². The molecule has 4 heteroatoms. The normalized spacial score (nSPS) is 18.5. The highest BCUT2D eigenvalue weighted by molar-refractivity contribution is 5.96. The second kappa shape index (κ2) is 6.06. The first kappa shape index (κ1) is 13.9. The molecule has 1 aromatic rings. The number of rotatable bonds is 4. The van der Waals surface area contributed by atoms with Gasteiger partial charge in [0.25, 0.3) is 5.91 Å². The number of phenols is 1. The average molecular weight is 263 g/mol. The monoisotopic (exact) mass is 263 g/mol. The third-order valence-corrected chi connectivity index (χ3v) is 3.50. The van der Waals surface area contributed by atoms with E-state index in [2.05, 4.69) is 0 Å². The van der Waals surface area contributed by atoms with Gasteiger partial charge in [-0.1, -0.05) is 6.07 Å². The fraction of sp³-hybridized carbons (Fsp3) is 0.533. The summed E-state index contributed by atoms with van der Waals surface area (Å²) in [5.41, 5.74) is 1.31. The van der Waals surface area contributed by atoms with Crippen LogP contribution in [0.4, 0.5) is 0 Å². The third kappa shape index (κ3) is 3.26. The van der Waals surface area contributed by atoms with Crippen LogP contribution in [0.2, 0.25) is 0 Å².